The van der Waals surface area contributed by atoms with Crippen molar-refractivity contribution in [3.8, 4) is 0 Å². The Balaban J connectivity index is 2.09. The van der Waals surface area contributed by atoms with E-state index in [1.807, 2.05) is 0 Å². The highest BCUT2D eigenvalue weighted by atomic mass is 32.2. The van der Waals surface area contributed by atoms with E-state index in [0.29, 0.717) is 39.3 Å². The summed E-state index contributed by atoms with van der Waals surface area (Å²) in [5.41, 5.74) is 3.71. The molecule has 3 rings (SSSR count). The maximum absolute atomic E-state index is 12.3. The van der Waals surface area contributed by atoms with Crippen LogP contribution in [-0.4, -0.2) is 32.2 Å². The van der Waals surface area contributed by atoms with E-state index in [1.165, 1.54) is 12.1 Å². The molecule has 136 valence electrons. The Bertz CT molecular complexity index is 974. The molecular formula is C18H17N2O5S-. The normalized spacial score (nSPS) is 15.7. The van der Waals surface area contributed by atoms with E-state index >= 15 is 0 Å². The number of amides is 1. The lowest BCUT2D eigenvalue weighted by molar-refractivity contribution is -0.110. The van der Waals surface area contributed by atoms with Gasteiger partial charge in [-0.15, -0.1) is 0 Å². The lowest BCUT2D eigenvalue weighted by atomic mass is 10.0. The van der Waals surface area contributed by atoms with Gasteiger partial charge >= 0.3 is 5.97 Å². The summed E-state index contributed by atoms with van der Waals surface area (Å²) in [6.45, 7) is 5.52. The van der Waals surface area contributed by atoms with Crippen LogP contribution in [0.1, 0.15) is 39.8 Å². The zero-order chi connectivity index (χ0) is 19.0. The maximum atomic E-state index is 12.3. The molecule has 2 heterocycles. The number of aryl methyl sites for hydroxylation is 1. The molecule has 2 N–H and O–H groups in total. The van der Waals surface area contributed by atoms with Crippen molar-refractivity contribution in [2.75, 3.05) is 11.9 Å². The van der Waals surface area contributed by atoms with Gasteiger partial charge in [-0.25, -0.2) is 4.79 Å². The highest BCUT2D eigenvalue weighted by molar-refractivity contribution is 7.79. The van der Waals surface area contributed by atoms with E-state index < -0.39 is 17.0 Å². The lowest BCUT2D eigenvalue weighted by Gasteiger charge is -2.07. The molecule has 0 saturated carbocycles. The van der Waals surface area contributed by atoms with Gasteiger partial charge in [-0.2, -0.15) is 0 Å². The van der Waals surface area contributed by atoms with E-state index in [-0.39, 0.29) is 17.4 Å². The first-order valence-corrected chi connectivity index (χ1v) is 9.04. The van der Waals surface area contributed by atoms with Crippen LogP contribution in [0.4, 0.5) is 5.69 Å². The van der Waals surface area contributed by atoms with Gasteiger partial charge in [0.25, 0.3) is 5.91 Å². The Morgan fingerprint density at radius 3 is 2.73 bits per heavy atom. The fourth-order valence-electron chi connectivity index (χ4n) is 2.99. The Hall–Kier alpha value is -2.71. The number of esters is 1. The van der Waals surface area contributed by atoms with Gasteiger partial charge in [-0.1, -0.05) is 0 Å². The number of hydrogen-bond acceptors (Lipinski definition) is 5. The van der Waals surface area contributed by atoms with Gasteiger partial charge in [0.1, 0.15) is 0 Å². The minimum atomic E-state index is -2.39. The van der Waals surface area contributed by atoms with Gasteiger partial charge in [0.15, 0.2) is 0 Å². The molecule has 1 aliphatic heterocycles. The largest absolute Gasteiger partial charge is 0.768 e. The highest BCUT2D eigenvalue weighted by Crippen LogP contribution is 2.35. The van der Waals surface area contributed by atoms with E-state index in [4.69, 9.17) is 4.74 Å². The summed E-state index contributed by atoms with van der Waals surface area (Å²) in [6.07, 6.45) is 1.61. The monoisotopic (exact) mass is 373 g/mol. The average molecular weight is 373 g/mol. The molecule has 7 nitrogen and oxygen atoms in total. The SMILES string of the molecule is CCOC(=O)c1c(C)[nH]c(C=C2C(=O)Nc3ccc(S(=O)[O-])cc32)c1C. The summed E-state index contributed by atoms with van der Waals surface area (Å²) in [6, 6.07) is 4.42. The topological polar surface area (TPSA) is 111 Å². The zero-order valence-electron chi connectivity index (χ0n) is 14.5. The van der Waals surface area contributed by atoms with E-state index in [2.05, 4.69) is 10.3 Å². The van der Waals surface area contributed by atoms with Crippen molar-refractivity contribution in [2.45, 2.75) is 25.7 Å². The van der Waals surface area contributed by atoms with Gasteiger partial charge in [0, 0.05) is 27.5 Å². The molecule has 0 fully saturated rings. The number of ether oxygens (including phenoxy) is 1. The van der Waals surface area contributed by atoms with Crippen molar-refractivity contribution < 1.29 is 23.1 Å². The molecule has 1 atom stereocenters. The van der Waals surface area contributed by atoms with Crippen LogP contribution in [0.3, 0.4) is 0 Å². The second-order valence-electron chi connectivity index (χ2n) is 5.84. The van der Waals surface area contributed by atoms with Crippen LogP contribution in [0.15, 0.2) is 23.1 Å². The second-order valence-corrected chi connectivity index (χ2v) is 6.78. The predicted molar refractivity (Wildman–Crippen MR) is 96.4 cm³/mol. The number of nitrogens with one attached hydrogen (secondary N) is 2. The van der Waals surface area contributed by atoms with Crippen LogP contribution >= 0.6 is 0 Å². The lowest BCUT2D eigenvalue weighted by Crippen LogP contribution is -2.06. The molecule has 1 aromatic carbocycles. The average Bonchev–Trinajstić information content (AvgIpc) is 3.04. The van der Waals surface area contributed by atoms with Gasteiger partial charge in [-0.3, -0.25) is 9.00 Å². The third kappa shape index (κ3) is 3.09. The number of rotatable bonds is 4. The minimum Gasteiger partial charge on any atom is -0.768 e. The van der Waals surface area contributed by atoms with Crippen molar-refractivity contribution in [1.82, 2.24) is 4.98 Å². The summed E-state index contributed by atoms with van der Waals surface area (Å²) in [5, 5.41) is 2.70. The molecule has 8 heteroatoms. The quantitative estimate of drug-likeness (QED) is 0.486. The van der Waals surface area contributed by atoms with E-state index in [0.717, 1.165) is 0 Å². The number of H-pyrrole nitrogens is 1. The third-order valence-electron chi connectivity index (χ3n) is 4.21. The molecule has 1 amide bonds. The van der Waals surface area contributed by atoms with Gasteiger partial charge in [0.05, 0.1) is 17.7 Å². The number of fused-ring (bicyclic) bond motifs is 1. The first kappa shape index (κ1) is 18.1. The third-order valence-corrected chi connectivity index (χ3v) is 4.85. The summed E-state index contributed by atoms with van der Waals surface area (Å²) in [7, 11) is 0. The molecule has 1 aliphatic rings. The van der Waals surface area contributed by atoms with Gasteiger partial charge in [0.2, 0.25) is 0 Å². The fourth-order valence-corrected chi connectivity index (χ4v) is 3.38. The van der Waals surface area contributed by atoms with Crippen LogP contribution in [0, 0.1) is 13.8 Å². The second kappa shape index (κ2) is 6.89. The van der Waals surface area contributed by atoms with Crippen molar-refractivity contribution in [3.63, 3.8) is 0 Å². The summed E-state index contributed by atoms with van der Waals surface area (Å²) in [4.78, 5) is 27.6. The molecule has 0 saturated heterocycles. The fraction of sp³-hybridized carbons (Fsp3) is 0.222. The number of anilines is 1. The van der Waals surface area contributed by atoms with Crippen LogP contribution < -0.4 is 5.32 Å². The Morgan fingerprint density at radius 2 is 2.08 bits per heavy atom. The number of benzene rings is 1. The summed E-state index contributed by atoms with van der Waals surface area (Å²) in [5.74, 6) is -0.762. The standard InChI is InChI=1S/C18H18N2O5S/c1-4-25-18(22)16-9(2)15(19-10(16)3)8-13-12-7-11(26(23)24)5-6-14(12)20-17(13)21/h5-8,19H,4H2,1-3H3,(H,20,21)(H,23,24)/p-1. The number of carbonyl (C=O) groups excluding carboxylic acids is 2. The van der Waals surface area contributed by atoms with E-state index in [1.54, 1.807) is 32.9 Å². The van der Waals surface area contributed by atoms with Crippen LogP contribution in [0.25, 0.3) is 11.6 Å². The Kier molecular flexibility index (Phi) is 4.80. The van der Waals surface area contributed by atoms with Crippen molar-refractivity contribution in [1.29, 1.82) is 0 Å². The van der Waals surface area contributed by atoms with Crippen molar-refractivity contribution >= 4 is 40.3 Å². The maximum Gasteiger partial charge on any atom is 0.340 e. The molecule has 0 radical (unpaired) electrons. The highest BCUT2D eigenvalue weighted by Gasteiger charge is 2.26. The Morgan fingerprint density at radius 1 is 1.35 bits per heavy atom. The smallest absolute Gasteiger partial charge is 0.340 e. The Labute approximate surface area is 152 Å². The molecule has 26 heavy (non-hydrogen) atoms. The molecular weight excluding hydrogens is 356 g/mol. The number of aromatic amines is 1. The molecule has 2 aromatic rings. The number of hydrogen-bond donors (Lipinski definition) is 2. The molecule has 1 unspecified atom stereocenters. The van der Waals surface area contributed by atoms with Crippen LogP contribution in [0.5, 0.6) is 0 Å². The van der Waals surface area contributed by atoms with Crippen LogP contribution in [0.2, 0.25) is 0 Å². The number of aromatic nitrogens is 1. The summed E-state index contributed by atoms with van der Waals surface area (Å²) < 4.78 is 27.5. The van der Waals surface area contributed by atoms with Crippen molar-refractivity contribution in [2.24, 2.45) is 0 Å². The molecule has 0 spiro atoms. The molecule has 1 aromatic heterocycles. The number of carbonyl (C=O) groups is 2. The van der Waals surface area contributed by atoms with Crippen LogP contribution in [-0.2, 0) is 20.6 Å². The first-order valence-electron chi connectivity index (χ1n) is 7.96. The van der Waals surface area contributed by atoms with Gasteiger partial charge in [-0.05, 0) is 61.7 Å². The molecule has 0 aliphatic carbocycles. The minimum absolute atomic E-state index is 0.0951. The predicted octanol–water partition coefficient (Wildman–Crippen LogP) is 2.54. The van der Waals surface area contributed by atoms with Crippen molar-refractivity contribution in [3.05, 3.63) is 46.3 Å². The first-order chi connectivity index (χ1) is 12.3. The zero-order valence-corrected chi connectivity index (χ0v) is 15.3. The van der Waals surface area contributed by atoms with E-state index in [9.17, 15) is 18.4 Å². The van der Waals surface area contributed by atoms with Gasteiger partial charge < -0.3 is 19.6 Å². The molecule has 0 bridgehead atoms. The summed E-state index contributed by atoms with van der Waals surface area (Å²) >= 11 is -2.39.